The summed E-state index contributed by atoms with van der Waals surface area (Å²) in [6, 6.07) is 2.82. The summed E-state index contributed by atoms with van der Waals surface area (Å²) in [6.45, 7) is 0. The van der Waals surface area contributed by atoms with Gasteiger partial charge in [0, 0.05) is 34.5 Å². The number of hydrogen-bond acceptors (Lipinski definition) is 5. The van der Waals surface area contributed by atoms with Crippen molar-refractivity contribution in [1.82, 2.24) is 0 Å². The topological polar surface area (TPSA) is 62.9 Å². The van der Waals surface area contributed by atoms with Gasteiger partial charge in [-0.2, -0.15) is 0 Å². The normalized spacial score (nSPS) is 14.6. The van der Waals surface area contributed by atoms with Crippen LogP contribution in [-0.4, -0.2) is 65.3 Å². The van der Waals surface area contributed by atoms with Crippen molar-refractivity contribution >= 4 is 19.0 Å². The fourth-order valence-electron chi connectivity index (χ4n) is 2.24. The molecule has 5 nitrogen and oxygen atoms in total. The van der Waals surface area contributed by atoms with E-state index in [9.17, 15) is 0 Å². The summed E-state index contributed by atoms with van der Waals surface area (Å²) in [5, 5.41) is 0. The molecular weight excluding hydrogens is 290 g/mol. The molecule has 0 rings (SSSR count). The van der Waals surface area contributed by atoms with Crippen LogP contribution in [0.15, 0.2) is 0 Å². The molecular formula is C13H33NO4Si2. The number of hydrogen-bond donors (Lipinski definition) is 1. The molecule has 0 aliphatic rings. The standard InChI is InChI=1S/C13H33NO4Si2/c1-15-12(16-2)19-9-5-7-11(14)8-6-10-20-13(17-3)18-4/h11-13H,5-10,14,19-20H2,1-4H3. The first-order chi connectivity index (χ1) is 9.67. The maximum Gasteiger partial charge on any atom is 0.134 e. The molecule has 0 aromatic rings. The largest absolute Gasteiger partial charge is 0.360 e. The van der Waals surface area contributed by atoms with Crippen LogP contribution < -0.4 is 5.73 Å². The molecule has 20 heavy (non-hydrogen) atoms. The van der Waals surface area contributed by atoms with E-state index in [1.807, 2.05) is 0 Å². The zero-order chi connectivity index (χ0) is 15.2. The fourth-order valence-corrected chi connectivity index (χ4v) is 5.01. The fraction of sp³-hybridized carbons (Fsp3) is 1.00. The van der Waals surface area contributed by atoms with Crippen LogP contribution in [0.1, 0.15) is 25.7 Å². The van der Waals surface area contributed by atoms with E-state index in [1.165, 1.54) is 24.9 Å². The first kappa shape index (κ1) is 20.2. The molecule has 0 atom stereocenters. The lowest BCUT2D eigenvalue weighted by Gasteiger charge is -2.15. The molecule has 0 amide bonds. The molecule has 0 aliphatic heterocycles. The molecule has 0 heterocycles. The summed E-state index contributed by atoms with van der Waals surface area (Å²) < 4.78 is 20.9. The SMILES string of the molecule is COC(OC)[SiH2]CCCC(N)CCC[SiH2]C(OC)OC. The molecule has 0 bridgehead atoms. The second-order valence-electron chi connectivity index (χ2n) is 5.13. The average molecular weight is 324 g/mol. The highest BCUT2D eigenvalue weighted by atomic mass is 28.2. The van der Waals surface area contributed by atoms with Gasteiger partial charge < -0.3 is 24.7 Å². The van der Waals surface area contributed by atoms with Gasteiger partial charge in [-0.05, 0) is 12.8 Å². The number of methoxy groups -OCH3 is 4. The Bertz CT molecular complexity index is 185. The van der Waals surface area contributed by atoms with Crippen LogP contribution in [0, 0.1) is 0 Å². The Hall–Kier alpha value is 0.234. The molecule has 0 unspecified atom stereocenters. The van der Waals surface area contributed by atoms with Gasteiger partial charge in [-0.25, -0.2) is 0 Å². The van der Waals surface area contributed by atoms with Crippen molar-refractivity contribution in [1.29, 1.82) is 0 Å². The second-order valence-corrected chi connectivity index (χ2v) is 9.03. The first-order valence-corrected chi connectivity index (χ1v) is 11.2. The van der Waals surface area contributed by atoms with Crippen molar-refractivity contribution in [2.75, 3.05) is 28.4 Å². The van der Waals surface area contributed by atoms with Crippen LogP contribution in [0.4, 0.5) is 0 Å². The van der Waals surface area contributed by atoms with E-state index in [2.05, 4.69) is 0 Å². The summed E-state index contributed by atoms with van der Waals surface area (Å²) in [5.74, 6) is 0.134. The third-order valence-corrected chi connectivity index (χ3v) is 7.67. The minimum absolute atomic E-state index is 0.0669. The molecule has 0 saturated carbocycles. The highest BCUT2D eigenvalue weighted by Crippen LogP contribution is 2.08. The molecule has 0 aromatic carbocycles. The van der Waals surface area contributed by atoms with Crippen molar-refractivity contribution in [2.45, 2.75) is 55.6 Å². The second kappa shape index (κ2) is 14.2. The Labute approximate surface area is 128 Å². The number of ether oxygens (including phenoxy) is 4. The Kier molecular flexibility index (Phi) is 14.3. The first-order valence-electron chi connectivity index (χ1n) is 7.54. The summed E-state index contributed by atoms with van der Waals surface area (Å²) in [5.41, 5.74) is 6.14. The van der Waals surface area contributed by atoms with Gasteiger partial charge in [-0.3, -0.25) is 0 Å². The van der Waals surface area contributed by atoms with Crippen LogP contribution in [0.3, 0.4) is 0 Å². The molecule has 122 valence electrons. The Morgan fingerprint density at radius 1 is 0.750 bits per heavy atom. The quantitative estimate of drug-likeness (QED) is 0.281. The molecule has 0 saturated heterocycles. The lowest BCUT2D eigenvalue weighted by Crippen LogP contribution is -2.24. The Balaban J connectivity index is 3.43. The van der Waals surface area contributed by atoms with E-state index in [-0.39, 0.29) is 30.9 Å². The third kappa shape index (κ3) is 11.0. The van der Waals surface area contributed by atoms with Gasteiger partial charge in [0.05, 0.1) is 19.0 Å². The lowest BCUT2D eigenvalue weighted by atomic mass is 10.1. The Morgan fingerprint density at radius 3 is 1.40 bits per heavy atom. The number of nitrogens with two attached hydrogens (primary N) is 1. The van der Waals surface area contributed by atoms with Crippen LogP contribution in [0.5, 0.6) is 0 Å². The van der Waals surface area contributed by atoms with Crippen LogP contribution in [0.25, 0.3) is 0 Å². The predicted octanol–water partition coefficient (Wildman–Crippen LogP) is 0.201. The molecule has 0 aliphatic carbocycles. The maximum absolute atomic E-state index is 6.14. The zero-order valence-electron chi connectivity index (χ0n) is 13.6. The van der Waals surface area contributed by atoms with E-state index < -0.39 is 0 Å². The molecule has 0 aromatic heterocycles. The lowest BCUT2D eigenvalue weighted by molar-refractivity contribution is -0.0442. The molecule has 2 N–H and O–H groups in total. The summed E-state index contributed by atoms with van der Waals surface area (Å²) in [4.78, 5) is 0. The van der Waals surface area contributed by atoms with Crippen LogP contribution >= 0.6 is 0 Å². The van der Waals surface area contributed by atoms with Gasteiger partial charge in [0.1, 0.15) is 11.8 Å². The van der Waals surface area contributed by atoms with Gasteiger partial charge in [0.15, 0.2) is 0 Å². The van der Waals surface area contributed by atoms with Crippen molar-refractivity contribution in [3.8, 4) is 0 Å². The van der Waals surface area contributed by atoms with Crippen molar-refractivity contribution in [3.63, 3.8) is 0 Å². The summed E-state index contributed by atoms with van der Waals surface area (Å²) in [6.07, 6.45) is 4.64. The van der Waals surface area contributed by atoms with E-state index in [1.54, 1.807) is 28.4 Å². The van der Waals surface area contributed by atoms with Crippen LogP contribution in [-0.2, 0) is 18.9 Å². The highest BCUT2D eigenvalue weighted by Gasteiger charge is 2.09. The summed E-state index contributed by atoms with van der Waals surface area (Å²) in [7, 11) is 6.28. The molecule has 7 heteroatoms. The zero-order valence-corrected chi connectivity index (χ0v) is 16.4. The van der Waals surface area contributed by atoms with Gasteiger partial charge in [0.2, 0.25) is 0 Å². The monoisotopic (exact) mass is 323 g/mol. The van der Waals surface area contributed by atoms with E-state index in [0.717, 1.165) is 12.8 Å². The third-order valence-electron chi connectivity index (χ3n) is 3.58. The van der Waals surface area contributed by atoms with Crippen LogP contribution in [0.2, 0.25) is 12.1 Å². The van der Waals surface area contributed by atoms with Gasteiger partial charge >= 0.3 is 0 Å². The van der Waals surface area contributed by atoms with Gasteiger partial charge in [-0.15, -0.1) is 0 Å². The highest BCUT2D eigenvalue weighted by molar-refractivity contribution is 6.36. The Morgan fingerprint density at radius 2 is 1.10 bits per heavy atom. The average Bonchev–Trinajstić information content (AvgIpc) is 2.47. The molecule has 0 fully saturated rings. The minimum atomic E-state index is -0.285. The summed E-state index contributed by atoms with van der Waals surface area (Å²) >= 11 is 0. The van der Waals surface area contributed by atoms with Gasteiger partial charge in [-0.1, -0.05) is 24.9 Å². The van der Waals surface area contributed by atoms with Gasteiger partial charge in [0.25, 0.3) is 0 Å². The van der Waals surface area contributed by atoms with E-state index in [4.69, 9.17) is 24.7 Å². The minimum Gasteiger partial charge on any atom is -0.360 e. The predicted molar refractivity (Wildman–Crippen MR) is 88.8 cm³/mol. The van der Waals surface area contributed by atoms with Crippen molar-refractivity contribution < 1.29 is 18.9 Å². The van der Waals surface area contributed by atoms with E-state index >= 15 is 0 Å². The smallest absolute Gasteiger partial charge is 0.134 e. The van der Waals surface area contributed by atoms with Crippen molar-refractivity contribution in [2.24, 2.45) is 5.73 Å². The number of rotatable bonds is 14. The van der Waals surface area contributed by atoms with E-state index in [0.29, 0.717) is 6.04 Å². The molecule has 0 spiro atoms. The molecule has 0 radical (unpaired) electrons. The maximum atomic E-state index is 6.14. The van der Waals surface area contributed by atoms with Crippen molar-refractivity contribution in [3.05, 3.63) is 0 Å².